The summed E-state index contributed by atoms with van der Waals surface area (Å²) in [5, 5.41) is 2.67. The molecule has 5 nitrogen and oxygen atoms in total. The van der Waals surface area contributed by atoms with Gasteiger partial charge in [0.2, 0.25) is 11.8 Å². The fourth-order valence-electron chi connectivity index (χ4n) is 2.43. The van der Waals surface area contributed by atoms with Crippen molar-refractivity contribution in [1.82, 2.24) is 10.2 Å². The number of ether oxygens (including phenoxy) is 1. The molecule has 2 amide bonds. The summed E-state index contributed by atoms with van der Waals surface area (Å²) >= 11 is 0. The van der Waals surface area contributed by atoms with Crippen LogP contribution in [0.25, 0.3) is 0 Å². The first kappa shape index (κ1) is 14.4. The van der Waals surface area contributed by atoms with Crippen molar-refractivity contribution >= 4 is 11.8 Å². The summed E-state index contributed by atoms with van der Waals surface area (Å²) in [5.74, 6) is 0.672. The number of amides is 2. The summed E-state index contributed by atoms with van der Waals surface area (Å²) in [6.45, 7) is 3.97. The van der Waals surface area contributed by atoms with Gasteiger partial charge in [0.05, 0.1) is 7.11 Å². The van der Waals surface area contributed by atoms with E-state index in [0.29, 0.717) is 13.0 Å². The van der Waals surface area contributed by atoms with Gasteiger partial charge in [-0.25, -0.2) is 0 Å². The Labute approximate surface area is 118 Å². The van der Waals surface area contributed by atoms with Gasteiger partial charge in [-0.1, -0.05) is 18.2 Å². The molecule has 1 aliphatic heterocycles. The Morgan fingerprint density at radius 2 is 1.95 bits per heavy atom. The van der Waals surface area contributed by atoms with Crippen LogP contribution in [-0.4, -0.2) is 42.5 Å². The van der Waals surface area contributed by atoms with Crippen molar-refractivity contribution in [2.45, 2.75) is 32.4 Å². The van der Waals surface area contributed by atoms with E-state index in [1.54, 1.807) is 25.9 Å². The Bertz CT molecular complexity index is 516. The molecule has 0 aliphatic carbocycles. The first-order valence-electron chi connectivity index (χ1n) is 6.77. The zero-order chi connectivity index (χ0) is 14.7. The molecule has 1 aromatic carbocycles. The molecule has 20 heavy (non-hydrogen) atoms. The number of carbonyl (C=O) groups is 2. The van der Waals surface area contributed by atoms with Gasteiger partial charge in [-0.15, -0.1) is 0 Å². The summed E-state index contributed by atoms with van der Waals surface area (Å²) in [5.41, 5.74) is 1.04. The number of carbonyl (C=O) groups excluding carboxylic acids is 2. The third kappa shape index (κ3) is 2.76. The lowest BCUT2D eigenvalue weighted by molar-refractivity contribution is -0.148. The van der Waals surface area contributed by atoms with Crippen LogP contribution in [0.1, 0.15) is 19.4 Å². The molecule has 1 N–H and O–H groups in total. The molecular formula is C15H20N2O3. The first-order valence-corrected chi connectivity index (χ1v) is 6.77. The number of nitrogens with one attached hydrogen (secondary N) is 1. The highest BCUT2D eigenvalue weighted by atomic mass is 16.5. The smallest absolute Gasteiger partial charge is 0.245 e. The van der Waals surface area contributed by atoms with Gasteiger partial charge in [0.15, 0.2) is 0 Å². The van der Waals surface area contributed by atoms with E-state index in [1.807, 2.05) is 24.3 Å². The van der Waals surface area contributed by atoms with Crippen LogP contribution in [0.15, 0.2) is 24.3 Å². The van der Waals surface area contributed by atoms with E-state index in [0.717, 1.165) is 11.3 Å². The van der Waals surface area contributed by atoms with E-state index in [2.05, 4.69) is 5.32 Å². The predicted molar refractivity (Wildman–Crippen MR) is 75.5 cm³/mol. The second-order valence-electron chi connectivity index (χ2n) is 5.00. The number of rotatable bonds is 4. The lowest BCUT2D eigenvalue weighted by Gasteiger charge is -2.36. The van der Waals surface area contributed by atoms with Gasteiger partial charge in [-0.05, 0) is 31.9 Å². The van der Waals surface area contributed by atoms with E-state index >= 15 is 0 Å². The second-order valence-corrected chi connectivity index (χ2v) is 5.00. The van der Waals surface area contributed by atoms with Crippen molar-refractivity contribution in [2.24, 2.45) is 0 Å². The molecule has 2 atom stereocenters. The Balaban J connectivity index is 2.08. The SMILES string of the molecule is COc1ccccc1CCN1C(=O)C(C)NC(=O)C1C. The normalized spacial score (nSPS) is 22.6. The van der Waals surface area contributed by atoms with E-state index in [1.165, 1.54) is 0 Å². The standard InChI is InChI=1S/C15H20N2O3/c1-10-15(19)17(11(2)14(18)16-10)9-8-12-6-4-5-7-13(12)20-3/h4-7,10-11H,8-9H2,1-3H3,(H,16,18). The van der Waals surface area contributed by atoms with Crippen molar-refractivity contribution in [1.29, 1.82) is 0 Å². The van der Waals surface area contributed by atoms with Crippen molar-refractivity contribution in [3.63, 3.8) is 0 Å². The highest BCUT2D eigenvalue weighted by molar-refractivity contribution is 5.96. The monoisotopic (exact) mass is 276 g/mol. The van der Waals surface area contributed by atoms with Gasteiger partial charge < -0.3 is 15.0 Å². The van der Waals surface area contributed by atoms with Crippen LogP contribution in [0.2, 0.25) is 0 Å². The lowest BCUT2D eigenvalue weighted by Crippen LogP contribution is -2.61. The molecule has 0 aromatic heterocycles. The number of para-hydroxylation sites is 1. The molecule has 108 valence electrons. The minimum Gasteiger partial charge on any atom is -0.496 e. The van der Waals surface area contributed by atoms with Crippen LogP contribution in [0, 0.1) is 0 Å². The molecular weight excluding hydrogens is 256 g/mol. The fourth-order valence-corrected chi connectivity index (χ4v) is 2.43. The molecule has 5 heteroatoms. The van der Waals surface area contributed by atoms with E-state index in [4.69, 9.17) is 4.74 Å². The molecule has 1 heterocycles. The summed E-state index contributed by atoms with van der Waals surface area (Å²) < 4.78 is 5.30. The average molecular weight is 276 g/mol. The molecule has 1 fully saturated rings. The van der Waals surface area contributed by atoms with Crippen molar-refractivity contribution in [3.05, 3.63) is 29.8 Å². The molecule has 0 bridgehead atoms. The van der Waals surface area contributed by atoms with E-state index < -0.39 is 12.1 Å². The third-order valence-corrected chi connectivity index (χ3v) is 3.67. The van der Waals surface area contributed by atoms with Gasteiger partial charge in [0.1, 0.15) is 17.8 Å². The van der Waals surface area contributed by atoms with E-state index in [9.17, 15) is 9.59 Å². The predicted octanol–water partition coefficient (Wildman–Crippen LogP) is 0.973. The maximum absolute atomic E-state index is 12.1. The number of piperazine rings is 1. The number of hydrogen-bond acceptors (Lipinski definition) is 3. The second kappa shape index (κ2) is 5.94. The number of hydrogen-bond donors (Lipinski definition) is 1. The highest BCUT2D eigenvalue weighted by Crippen LogP contribution is 2.19. The number of benzene rings is 1. The summed E-state index contributed by atoms with van der Waals surface area (Å²) in [7, 11) is 1.63. The molecule has 0 saturated carbocycles. The van der Waals surface area contributed by atoms with Crippen molar-refractivity contribution < 1.29 is 14.3 Å². The molecule has 1 aliphatic rings. The van der Waals surface area contributed by atoms with Gasteiger partial charge in [0, 0.05) is 6.54 Å². The molecule has 0 spiro atoms. The Morgan fingerprint density at radius 3 is 2.65 bits per heavy atom. The van der Waals surface area contributed by atoms with Crippen LogP contribution < -0.4 is 10.1 Å². The molecule has 2 rings (SSSR count). The fraction of sp³-hybridized carbons (Fsp3) is 0.467. The molecule has 1 aromatic rings. The Morgan fingerprint density at radius 1 is 1.25 bits per heavy atom. The zero-order valence-electron chi connectivity index (χ0n) is 12.1. The quantitative estimate of drug-likeness (QED) is 0.891. The van der Waals surface area contributed by atoms with Crippen LogP contribution in [0.3, 0.4) is 0 Å². The number of nitrogens with zero attached hydrogens (tertiary/aromatic N) is 1. The summed E-state index contributed by atoms with van der Waals surface area (Å²) in [4.78, 5) is 25.5. The highest BCUT2D eigenvalue weighted by Gasteiger charge is 2.35. The minimum atomic E-state index is -0.448. The Kier molecular flexibility index (Phi) is 4.27. The molecule has 0 radical (unpaired) electrons. The van der Waals surface area contributed by atoms with Crippen LogP contribution >= 0.6 is 0 Å². The average Bonchev–Trinajstić information content (AvgIpc) is 2.45. The van der Waals surface area contributed by atoms with Crippen LogP contribution in [-0.2, 0) is 16.0 Å². The maximum atomic E-state index is 12.1. The maximum Gasteiger partial charge on any atom is 0.245 e. The third-order valence-electron chi connectivity index (χ3n) is 3.67. The van der Waals surface area contributed by atoms with Gasteiger partial charge >= 0.3 is 0 Å². The van der Waals surface area contributed by atoms with Crippen LogP contribution in [0.4, 0.5) is 0 Å². The number of methoxy groups -OCH3 is 1. The topological polar surface area (TPSA) is 58.6 Å². The first-order chi connectivity index (χ1) is 9.54. The van der Waals surface area contributed by atoms with Crippen LogP contribution in [0.5, 0.6) is 5.75 Å². The minimum absolute atomic E-state index is 0.0352. The van der Waals surface area contributed by atoms with Gasteiger partial charge in [-0.3, -0.25) is 9.59 Å². The zero-order valence-corrected chi connectivity index (χ0v) is 12.1. The van der Waals surface area contributed by atoms with Crippen molar-refractivity contribution in [3.8, 4) is 5.75 Å². The van der Waals surface area contributed by atoms with Gasteiger partial charge in [-0.2, -0.15) is 0 Å². The Hall–Kier alpha value is -2.04. The summed E-state index contributed by atoms with van der Waals surface area (Å²) in [6.07, 6.45) is 0.667. The van der Waals surface area contributed by atoms with Gasteiger partial charge in [0.25, 0.3) is 0 Å². The summed E-state index contributed by atoms with van der Waals surface area (Å²) in [6, 6.07) is 6.85. The molecule has 1 saturated heterocycles. The largest absolute Gasteiger partial charge is 0.496 e. The van der Waals surface area contributed by atoms with E-state index in [-0.39, 0.29) is 11.8 Å². The lowest BCUT2D eigenvalue weighted by atomic mass is 10.1. The molecule has 2 unspecified atom stereocenters. The van der Waals surface area contributed by atoms with Crippen molar-refractivity contribution in [2.75, 3.05) is 13.7 Å².